The minimum absolute atomic E-state index is 0.534. The van der Waals surface area contributed by atoms with Crippen LogP contribution in [0.2, 0.25) is 0 Å². The predicted molar refractivity (Wildman–Crippen MR) is 92.7 cm³/mol. The fourth-order valence-electron chi connectivity index (χ4n) is 2.24. The van der Waals surface area contributed by atoms with Gasteiger partial charge in [0.2, 0.25) is 0 Å². The molecule has 4 heteroatoms. The van der Waals surface area contributed by atoms with E-state index in [0.717, 1.165) is 44.9 Å². The summed E-state index contributed by atoms with van der Waals surface area (Å²) in [5.41, 5.74) is 0. The SMILES string of the molecule is CCCCCCOC(O)(NCCCCC)OCCCCCC. The van der Waals surface area contributed by atoms with Crippen LogP contribution < -0.4 is 5.32 Å². The Morgan fingerprint density at radius 3 is 1.59 bits per heavy atom. The zero-order chi connectivity index (χ0) is 16.5. The molecule has 0 aliphatic carbocycles. The Morgan fingerprint density at radius 2 is 1.14 bits per heavy atom. The van der Waals surface area contributed by atoms with E-state index in [1.165, 1.54) is 25.7 Å². The molecule has 22 heavy (non-hydrogen) atoms. The van der Waals surface area contributed by atoms with Crippen molar-refractivity contribution in [2.24, 2.45) is 0 Å². The Hall–Kier alpha value is -0.160. The van der Waals surface area contributed by atoms with Gasteiger partial charge < -0.3 is 14.6 Å². The van der Waals surface area contributed by atoms with Crippen molar-refractivity contribution in [2.75, 3.05) is 19.8 Å². The van der Waals surface area contributed by atoms with Crippen molar-refractivity contribution in [1.82, 2.24) is 5.32 Å². The van der Waals surface area contributed by atoms with Crippen LogP contribution in [0.5, 0.6) is 0 Å². The van der Waals surface area contributed by atoms with Crippen molar-refractivity contribution in [3.8, 4) is 0 Å². The molecule has 134 valence electrons. The third kappa shape index (κ3) is 13.5. The van der Waals surface area contributed by atoms with Gasteiger partial charge in [0.1, 0.15) is 0 Å². The summed E-state index contributed by atoms with van der Waals surface area (Å²) in [7, 11) is 0. The Labute approximate surface area is 138 Å². The van der Waals surface area contributed by atoms with Gasteiger partial charge in [-0.3, -0.25) is 0 Å². The normalized spacial score (nSPS) is 12.0. The molecular formula is C18H39NO3. The predicted octanol–water partition coefficient (Wildman–Crippen LogP) is 4.56. The van der Waals surface area contributed by atoms with Gasteiger partial charge in [-0.05, 0) is 19.3 Å². The Bertz CT molecular complexity index is 210. The van der Waals surface area contributed by atoms with E-state index in [2.05, 4.69) is 26.1 Å². The number of nitrogens with one attached hydrogen (secondary N) is 1. The molecule has 0 fully saturated rings. The third-order valence-electron chi connectivity index (χ3n) is 3.72. The zero-order valence-electron chi connectivity index (χ0n) is 15.2. The Balaban J connectivity index is 3.99. The number of aliphatic hydroxyl groups is 1. The molecule has 0 spiro atoms. The Kier molecular flexibility index (Phi) is 15.6. The molecule has 0 aliphatic rings. The summed E-state index contributed by atoms with van der Waals surface area (Å²) >= 11 is 0. The number of hydrogen-bond donors (Lipinski definition) is 2. The van der Waals surface area contributed by atoms with Gasteiger partial charge in [-0.15, -0.1) is 0 Å². The second-order valence-corrected chi connectivity index (χ2v) is 6.03. The first kappa shape index (κ1) is 21.8. The minimum Gasteiger partial charge on any atom is -0.330 e. The standard InChI is InChI=1S/C18H39NO3/c1-4-7-10-13-16-21-18(20,19-15-12-9-6-3)22-17-14-11-8-5-2/h19-20H,4-17H2,1-3H3. The van der Waals surface area contributed by atoms with Gasteiger partial charge in [-0.25, -0.2) is 5.32 Å². The molecule has 0 bridgehead atoms. The summed E-state index contributed by atoms with van der Waals surface area (Å²) in [5, 5.41) is 13.5. The highest BCUT2D eigenvalue weighted by atomic mass is 16.8. The second-order valence-electron chi connectivity index (χ2n) is 6.03. The highest BCUT2D eigenvalue weighted by Gasteiger charge is 2.28. The third-order valence-corrected chi connectivity index (χ3v) is 3.72. The Morgan fingerprint density at radius 1 is 0.682 bits per heavy atom. The molecule has 0 heterocycles. The van der Waals surface area contributed by atoms with E-state index in [4.69, 9.17) is 9.47 Å². The zero-order valence-corrected chi connectivity index (χ0v) is 15.2. The maximum Gasteiger partial charge on any atom is 0.348 e. The van der Waals surface area contributed by atoms with Gasteiger partial charge in [-0.2, -0.15) is 0 Å². The van der Waals surface area contributed by atoms with E-state index in [9.17, 15) is 5.11 Å². The van der Waals surface area contributed by atoms with E-state index in [-0.39, 0.29) is 0 Å². The van der Waals surface area contributed by atoms with Crippen LogP contribution in [0, 0.1) is 0 Å². The maximum atomic E-state index is 10.5. The van der Waals surface area contributed by atoms with Crippen molar-refractivity contribution in [2.45, 2.75) is 97.5 Å². The fourth-order valence-corrected chi connectivity index (χ4v) is 2.24. The summed E-state index contributed by atoms with van der Waals surface area (Å²) in [5.74, 6) is 0. The first-order valence-electron chi connectivity index (χ1n) is 9.43. The van der Waals surface area contributed by atoms with E-state index < -0.39 is 6.10 Å². The molecule has 0 rings (SSSR count). The summed E-state index contributed by atoms with van der Waals surface area (Å²) in [6.07, 6.45) is 10.8. The number of hydrogen-bond acceptors (Lipinski definition) is 4. The van der Waals surface area contributed by atoms with Gasteiger partial charge in [0, 0.05) is 6.54 Å². The lowest BCUT2D eigenvalue weighted by molar-refractivity contribution is -0.378. The first-order valence-corrected chi connectivity index (χ1v) is 9.43. The summed E-state index contributed by atoms with van der Waals surface area (Å²) < 4.78 is 11.2. The van der Waals surface area contributed by atoms with Gasteiger partial charge in [-0.1, -0.05) is 72.1 Å². The lowest BCUT2D eigenvalue weighted by Gasteiger charge is -2.28. The second kappa shape index (κ2) is 15.7. The minimum atomic E-state index is -1.60. The number of unbranched alkanes of at least 4 members (excludes halogenated alkanes) is 8. The van der Waals surface area contributed by atoms with Gasteiger partial charge >= 0.3 is 6.10 Å². The lowest BCUT2D eigenvalue weighted by atomic mass is 10.2. The monoisotopic (exact) mass is 317 g/mol. The maximum absolute atomic E-state index is 10.5. The highest BCUT2D eigenvalue weighted by molar-refractivity contribution is 4.55. The molecule has 0 saturated carbocycles. The van der Waals surface area contributed by atoms with Crippen LogP contribution in [-0.4, -0.2) is 31.0 Å². The molecule has 0 unspecified atom stereocenters. The van der Waals surface area contributed by atoms with Crippen LogP contribution in [0.1, 0.15) is 91.4 Å². The van der Waals surface area contributed by atoms with Crippen molar-refractivity contribution in [3.63, 3.8) is 0 Å². The average Bonchev–Trinajstić information content (AvgIpc) is 2.51. The van der Waals surface area contributed by atoms with Crippen LogP contribution in [0.15, 0.2) is 0 Å². The lowest BCUT2D eigenvalue weighted by Crippen LogP contribution is -2.51. The molecule has 0 aliphatic heterocycles. The van der Waals surface area contributed by atoms with Crippen molar-refractivity contribution in [3.05, 3.63) is 0 Å². The van der Waals surface area contributed by atoms with E-state index in [1.54, 1.807) is 0 Å². The smallest absolute Gasteiger partial charge is 0.330 e. The van der Waals surface area contributed by atoms with E-state index >= 15 is 0 Å². The van der Waals surface area contributed by atoms with Crippen molar-refractivity contribution >= 4 is 0 Å². The molecule has 4 nitrogen and oxygen atoms in total. The quantitative estimate of drug-likeness (QED) is 0.305. The number of rotatable bonds is 17. The van der Waals surface area contributed by atoms with Gasteiger partial charge in [0.15, 0.2) is 0 Å². The molecule has 2 N–H and O–H groups in total. The molecule has 0 aromatic rings. The topological polar surface area (TPSA) is 50.7 Å². The van der Waals surface area contributed by atoms with E-state index in [0.29, 0.717) is 19.8 Å². The molecule has 0 saturated heterocycles. The summed E-state index contributed by atoms with van der Waals surface area (Å²) in [4.78, 5) is 0. The van der Waals surface area contributed by atoms with Crippen LogP contribution in [0.4, 0.5) is 0 Å². The van der Waals surface area contributed by atoms with Crippen LogP contribution in [0.25, 0.3) is 0 Å². The van der Waals surface area contributed by atoms with Crippen LogP contribution in [0.3, 0.4) is 0 Å². The molecular weight excluding hydrogens is 278 g/mol. The fraction of sp³-hybridized carbons (Fsp3) is 1.00. The number of ether oxygens (including phenoxy) is 2. The molecule has 0 radical (unpaired) electrons. The van der Waals surface area contributed by atoms with Crippen molar-refractivity contribution in [1.29, 1.82) is 0 Å². The van der Waals surface area contributed by atoms with Gasteiger partial charge in [0.25, 0.3) is 0 Å². The average molecular weight is 318 g/mol. The molecule has 0 aromatic carbocycles. The molecule has 0 aromatic heterocycles. The van der Waals surface area contributed by atoms with E-state index in [1.807, 2.05) is 0 Å². The van der Waals surface area contributed by atoms with Crippen LogP contribution >= 0.6 is 0 Å². The molecule has 0 amide bonds. The molecule has 0 atom stereocenters. The van der Waals surface area contributed by atoms with Crippen LogP contribution in [-0.2, 0) is 9.47 Å². The first-order chi connectivity index (χ1) is 10.7. The highest BCUT2D eigenvalue weighted by Crippen LogP contribution is 2.11. The largest absolute Gasteiger partial charge is 0.348 e. The van der Waals surface area contributed by atoms with Crippen molar-refractivity contribution < 1.29 is 14.6 Å². The van der Waals surface area contributed by atoms with Gasteiger partial charge in [0.05, 0.1) is 13.2 Å². The summed E-state index contributed by atoms with van der Waals surface area (Å²) in [6.45, 7) is 8.32. The summed E-state index contributed by atoms with van der Waals surface area (Å²) in [6, 6.07) is 0.